The highest BCUT2D eigenvalue weighted by Gasteiger charge is 2.15. The third-order valence-corrected chi connectivity index (χ3v) is 4.89. The van der Waals surface area contributed by atoms with Crippen LogP contribution in [0.25, 0.3) is 22.0 Å². The maximum absolute atomic E-state index is 6.42. The normalized spacial score (nSPS) is 11.5. The summed E-state index contributed by atoms with van der Waals surface area (Å²) >= 11 is 18.7. The number of halogens is 3. The summed E-state index contributed by atoms with van der Waals surface area (Å²) in [4.78, 5) is 5.46. The summed E-state index contributed by atoms with van der Waals surface area (Å²) in [7, 11) is 4.10. The summed E-state index contributed by atoms with van der Waals surface area (Å²) in [6.07, 6.45) is 2.04. The molecular weight excluding hydrogens is 339 g/mol. The number of hydrogen-bond donors (Lipinski definition) is 1. The average molecular weight is 354 g/mol. The van der Waals surface area contributed by atoms with Gasteiger partial charge in [-0.25, -0.2) is 0 Å². The van der Waals surface area contributed by atoms with Crippen LogP contribution in [-0.4, -0.2) is 24.0 Å². The smallest absolute Gasteiger partial charge is 0.0784 e. The number of aromatic nitrogens is 1. The van der Waals surface area contributed by atoms with E-state index in [-0.39, 0.29) is 0 Å². The molecule has 0 saturated carbocycles. The fourth-order valence-corrected chi connectivity index (χ4v) is 3.32. The molecule has 0 spiro atoms. The van der Waals surface area contributed by atoms with Gasteiger partial charge in [0.05, 0.1) is 15.1 Å². The molecule has 0 atom stereocenters. The molecule has 2 nitrogen and oxygen atoms in total. The van der Waals surface area contributed by atoms with Gasteiger partial charge in [-0.05, 0) is 37.4 Å². The summed E-state index contributed by atoms with van der Waals surface area (Å²) in [5.74, 6) is 0. The maximum atomic E-state index is 6.42. The van der Waals surface area contributed by atoms with Crippen molar-refractivity contribution in [2.45, 2.75) is 6.54 Å². The zero-order valence-electron chi connectivity index (χ0n) is 12.3. The van der Waals surface area contributed by atoms with Gasteiger partial charge in [0, 0.05) is 29.2 Å². The van der Waals surface area contributed by atoms with Crippen LogP contribution in [0.15, 0.2) is 36.5 Å². The van der Waals surface area contributed by atoms with Crippen molar-refractivity contribution in [2.24, 2.45) is 0 Å². The summed E-state index contributed by atoms with van der Waals surface area (Å²) in [6, 6.07) is 9.82. The van der Waals surface area contributed by atoms with E-state index in [4.69, 9.17) is 34.8 Å². The molecule has 2 aromatic carbocycles. The first-order valence-electron chi connectivity index (χ1n) is 6.86. The largest absolute Gasteiger partial charge is 0.361 e. The van der Waals surface area contributed by atoms with Crippen LogP contribution in [-0.2, 0) is 6.54 Å². The van der Waals surface area contributed by atoms with Crippen molar-refractivity contribution in [1.82, 2.24) is 9.88 Å². The first-order valence-corrected chi connectivity index (χ1v) is 8.00. The number of rotatable bonds is 3. The second-order valence-electron chi connectivity index (χ2n) is 5.50. The topological polar surface area (TPSA) is 19.0 Å². The minimum atomic E-state index is 0.391. The first kappa shape index (κ1) is 15.7. The van der Waals surface area contributed by atoms with Gasteiger partial charge in [0.25, 0.3) is 0 Å². The maximum Gasteiger partial charge on any atom is 0.0784 e. The van der Waals surface area contributed by atoms with E-state index in [0.29, 0.717) is 15.1 Å². The molecule has 114 valence electrons. The van der Waals surface area contributed by atoms with Crippen molar-refractivity contribution in [1.29, 1.82) is 0 Å². The lowest BCUT2D eigenvalue weighted by Crippen LogP contribution is -2.10. The van der Waals surface area contributed by atoms with Gasteiger partial charge in [0.15, 0.2) is 0 Å². The Labute approximate surface area is 144 Å². The zero-order chi connectivity index (χ0) is 15.9. The molecule has 0 fully saturated rings. The number of fused-ring (bicyclic) bond motifs is 1. The van der Waals surface area contributed by atoms with Crippen LogP contribution >= 0.6 is 34.8 Å². The van der Waals surface area contributed by atoms with Crippen LogP contribution < -0.4 is 0 Å². The number of nitrogens with zero attached hydrogens (tertiary/aromatic N) is 1. The molecule has 1 N–H and O–H groups in total. The van der Waals surface area contributed by atoms with E-state index in [0.717, 1.165) is 28.6 Å². The third kappa shape index (κ3) is 2.72. The van der Waals surface area contributed by atoms with Gasteiger partial charge < -0.3 is 9.88 Å². The number of aromatic amines is 1. The lowest BCUT2D eigenvalue weighted by Gasteiger charge is -2.12. The highest BCUT2D eigenvalue weighted by molar-refractivity contribution is 6.49. The van der Waals surface area contributed by atoms with E-state index < -0.39 is 0 Å². The van der Waals surface area contributed by atoms with Gasteiger partial charge in [-0.3, -0.25) is 0 Å². The van der Waals surface area contributed by atoms with Crippen molar-refractivity contribution < 1.29 is 0 Å². The third-order valence-electron chi connectivity index (χ3n) is 3.60. The molecule has 5 heteroatoms. The standard InChI is InChI=1S/C17H15Cl3N2/c1-22(2)9-10-8-21-14-5-3-4-11(15(10)14)12-6-7-13(18)17(20)16(12)19/h3-8,21H,9H2,1-2H3. The van der Waals surface area contributed by atoms with E-state index in [1.54, 1.807) is 6.07 Å². The average Bonchev–Trinajstić information content (AvgIpc) is 2.88. The number of nitrogens with one attached hydrogen (secondary N) is 1. The molecule has 3 aromatic rings. The minimum Gasteiger partial charge on any atom is -0.361 e. The summed E-state index contributed by atoms with van der Waals surface area (Å²) in [5.41, 5.74) is 4.25. The molecule has 1 heterocycles. The van der Waals surface area contributed by atoms with Crippen molar-refractivity contribution in [3.63, 3.8) is 0 Å². The van der Waals surface area contributed by atoms with Crippen LogP contribution in [0, 0.1) is 0 Å². The lowest BCUT2D eigenvalue weighted by atomic mass is 9.99. The molecule has 0 aliphatic carbocycles. The van der Waals surface area contributed by atoms with E-state index in [9.17, 15) is 0 Å². The Morgan fingerprint density at radius 3 is 2.45 bits per heavy atom. The Balaban J connectivity index is 2.27. The van der Waals surface area contributed by atoms with Gasteiger partial charge in [-0.15, -0.1) is 0 Å². The molecule has 0 aliphatic heterocycles. The predicted molar refractivity (Wildman–Crippen MR) is 96.2 cm³/mol. The van der Waals surface area contributed by atoms with E-state index >= 15 is 0 Å². The molecule has 22 heavy (non-hydrogen) atoms. The van der Waals surface area contributed by atoms with Crippen LogP contribution in [0.1, 0.15) is 5.56 Å². The highest BCUT2D eigenvalue weighted by Crippen LogP contribution is 2.41. The Bertz CT molecular complexity index is 837. The molecule has 1 aromatic heterocycles. The molecular formula is C17H15Cl3N2. The Hall–Kier alpha value is -1.19. The summed E-state index contributed by atoms with van der Waals surface area (Å²) in [5, 5.41) is 2.50. The Morgan fingerprint density at radius 1 is 0.955 bits per heavy atom. The van der Waals surface area contributed by atoms with Crippen molar-refractivity contribution >= 4 is 45.7 Å². The van der Waals surface area contributed by atoms with E-state index in [1.165, 1.54) is 5.56 Å². The van der Waals surface area contributed by atoms with E-state index in [1.807, 2.05) is 32.4 Å². The van der Waals surface area contributed by atoms with Gasteiger partial charge in [0.2, 0.25) is 0 Å². The molecule has 0 saturated heterocycles. The molecule has 0 bridgehead atoms. The SMILES string of the molecule is CN(C)Cc1c[nH]c2cccc(-c3ccc(Cl)c(Cl)c3Cl)c12. The van der Waals surface area contributed by atoms with Crippen LogP contribution in [0.3, 0.4) is 0 Å². The Kier molecular flexibility index (Phi) is 4.37. The summed E-state index contributed by atoms with van der Waals surface area (Å²) in [6.45, 7) is 0.843. The predicted octanol–water partition coefficient (Wildman–Crippen LogP) is 5.86. The number of benzene rings is 2. The fraction of sp³-hybridized carbons (Fsp3) is 0.176. The van der Waals surface area contributed by atoms with Crippen LogP contribution in [0.5, 0.6) is 0 Å². The molecule has 0 unspecified atom stereocenters. The van der Waals surface area contributed by atoms with Gasteiger partial charge in [-0.1, -0.05) is 53.0 Å². The second kappa shape index (κ2) is 6.13. The number of H-pyrrole nitrogens is 1. The molecule has 0 amide bonds. The van der Waals surface area contributed by atoms with E-state index in [2.05, 4.69) is 22.0 Å². The van der Waals surface area contributed by atoms with Crippen LogP contribution in [0.2, 0.25) is 15.1 Å². The fourth-order valence-electron chi connectivity index (χ4n) is 2.68. The monoisotopic (exact) mass is 352 g/mol. The van der Waals surface area contributed by atoms with Crippen LogP contribution in [0.4, 0.5) is 0 Å². The molecule has 0 radical (unpaired) electrons. The summed E-state index contributed by atoms with van der Waals surface area (Å²) < 4.78 is 0. The molecule has 3 rings (SSSR count). The lowest BCUT2D eigenvalue weighted by molar-refractivity contribution is 0.404. The van der Waals surface area contributed by atoms with Gasteiger partial charge in [-0.2, -0.15) is 0 Å². The first-order chi connectivity index (χ1) is 10.5. The van der Waals surface area contributed by atoms with Crippen molar-refractivity contribution in [2.75, 3.05) is 14.1 Å². The van der Waals surface area contributed by atoms with Gasteiger partial charge in [0.1, 0.15) is 0 Å². The van der Waals surface area contributed by atoms with Gasteiger partial charge >= 0.3 is 0 Å². The minimum absolute atomic E-state index is 0.391. The second-order valence-corrected chi connectivity index (χ2v) is 6.67. The quantitative estimate of drug-likeness (QED) is 0.585. The number of hydrogen-bond acceptors (Lipinski definition) is 1. The molecule has 0 aliphatic rings. The highest BCUT2D eigenvalue weighted by atomic mass is 35.5. The zero-order valence-corrected chi connectivity index (χ0v) is 14.5. The Morgan fingerprint density at radius 2 is 1.73 bits per heavy atom. The van der Waals surface area contributed by atoms with Crippen molar-refractivity contribution in [3.8, 4) is 11.1 Å². The van der Waals surface area contributed by atoms with Crippen molar-refractivity contribution in [3.05, 3.63) is 57.2 Å².